The molecule has 170 valence electrons. The molecule has 0 bridgehead atoms. The summed E-state index contributed by atoms with van der Waals surface area (Å²) in [5.41, 5.74) is 6.55. The molecule has 13 nitrogen and oxygen atoms in total. The number of aliphatic carboxylic acids is 1. The van der Waals surface area contributed by atoms with Crippen molar-refractivity contribution in [3.8, 4) is 0 Å². The van der Waals surface area contributed by atoms with E-state index in [9.17, 15) is 19.5 Å². The normalized spacial score (nSPS) is 20.2. The van der Waals surface area contributed by atoms with Crippen LogP contribution in [0.2, 0.25) is 0 Å². The van der Waals surface area contributed by atoms with Crippen LogP contribution in [-0.2, 0) is 27.3 Å². The lowest BCUT2D eigenvalue weighted by Crippen LogP contribution is -2.70. The number of nitrogen functional groups attached to an aromatic ring is 1. The van der Waals surface area contributed by atoms with Crippen LogP contribution in [0.4, 0.5) is 5.13 Å². The molecule has 0 saturated carbocycles. The van der Waals surface area contributed by atoms with E-state index in [1.807, 2.05) is 0 Å². The molecule has 0 aromatic carbocycles. The summed E-state index contributed by atoms with van der Waals surface area (Å²) < 4.78 is 1.42. The highest BCUT2D eigenvalue weighted by molar-refractivity contribution is 8.01. The van der Waals surface area contributed by atoms with Gasteiger partial charge in [0.25, 0.3) is 5.91 Å². The van der Waals surface area contributed by atoms with Crippen molar-refractivity contribution >= 4 is 57.8 Å². The zero-order chi connectivity index (χ0) is 22.8. The van der Waals surface area contributed by atoms with Crippen LogP contribution in [0.3, 0.4) is 0 Å². The molecule has 4 rings (SSSR count). The van der Waals surface area contributed by atoms with Gasteiger partial charge in [-0.1, -0.05) is 11.8 Å². The Morgan fingerprint density at radius 2 is 2.22 bits per heavy atom. The predicted octanol–water partition coefficient (Wildman–Crippen LogP) is -1.22. The Bertz CT molecular complexity index is 1090. The highest BCUT2D eigenvalue weighted by Crippen LogP contribution is 2.41. The molecule has 1 fully saturated rings. The zero-order valence-electron chi connectivity index (χ0n) is 16.4. The number of nitrogens with zero attached hydrogens (tertiary/aromatic N) is 6. The van der Waals surface area contributed by atoms with Crippen molar-refractivity contribution in [1.29, 1.82) is 0 Å². The zero-order valence-corrected chi connectivity index (χ0v) is 18.8. The number of aromatic nitrogens is 5. The molecule has 2 aliphatic rings. The lowest BCUT2D eigenvalue weighted by Gasteiger charge is -2.49. The number of thioether (sulfide) groups is 2. The topological polar surface area (TPSA) is 189 Å². The lowest BCUT2D eigenvalue weighted by molar-refractivity contribution is -0.150. The number of thiazole rings is 1. The van der Waals surface area contributed by atoms with E-state index in [0.29, 0.717) is 27.3 Å². The molecule has 2 aliphatic heterocycles. The number of aliphatic hydroxyl groups excluding tert-OH is 1. The van der Waals surface area contributed by atoms with Gasteiger partial charge in [0.15, 0.2) is 5.13 Å². The summed E-state index contributed by atoms with van der Waals surface area (Å²) in [7, 11) is 0. The largest absolute Gasteiger partial charge is 0.477 e. The van der Waals surface area contributed by atoms with Crippen LogP contribution in [0.1, 0.15) is 5.69 Å². The van der Waals surface area contributed by atoms with Crippen molar-refractivity contribution in [3.63, 3.8) is 0 Å². The second-order valence-corrected chi connectivity index (χ2v) is 9.70. The molecule has 1 saturated heterocycles. The average molecular weight is 499 g/mol. The number of amides is 2. The van der Waals surface area contributed by atoms with Crippen molar-refractivity contribution in [2.24, 2.45) is 0 Å². The van der Waals surface area contributed by atoms with E-state index in [4.69, 9.17) is 10.8 Å². The van der Waals surface area contributed by atoms with Gasteiger partial charge < -0.3 is 21.3 Å². The maximum Gasteiger partial charge on any atom is 0.352 e. The first kappa shape index (κ1) is 22.5. The predicted molar refractivity (Wildman–Crippen MR) is 116 cm³/mol. The monoisotopic (exact) mass is 498 g/mol. The number of carbonyl (C=O) groups is 3. The van der Waals surface area contributed by atoms with Gasteiger partial charge in [0, 0.05) is 16.9 Å². The number of rotatable bonds is 9. The second kappa shape index (κ2) is 9.43. The summed E-state index contributed by atoms with van der Waals surface area (Å²) in [6, 6.07) is -0.802. The summed E-state index contributed by atoms with van der Waals surface area (Å²) in [6.07, 6.45) is -0.0130. The van der Waals surface area contributed by atoms with Crippen LogP contribution in [0.25, 0.3) is 0 Å². The molecule has 1 unspecified atom stereocenters. The smallest absolute Gasteiger partial charge is 0.352 e. The molecule has 0 aliphatic carbocycles. The van der Waals surface area contributed by atoms with Crippen LogP contribution in [0.5, 0.6) is 0 Å². The summed E-state index contributed by atoms with van der Waals surface area (Å²) in [5, 5.41) is 34.7. The highest BCUT2D eigenvalue weighted by atomic mass is 32.2. The lowest BCUT2D eigenvalue weighted by atomic mass is 10.0. The van der Waals surface area contributed by atoms with Gasteiger partial charge in [-0.3, -0.25) is 14.5 Å². The molecule has 0 radical (unpaired) electrons. The van der Waals surface area contributed by atoms with Crippen LogP contribution >= 0.6 is 34.9 Å². The number of fused-ring (bicyclic) bond motifs is 1. The van der Waals surface area contributed by atoms with E-state index in [0.717, 1.165) is 0 Å². The van der Waals surface area contributed by atoms with Crippen molar-refractivity contribution in [1.82, 2.24) is 35.4 Å². The maximum atomic E-state index is 12.7. The van der Waals surface area contributed by atoms with Gasteiger partial charge in [-0.15, -0.1) is 28.2 Å². The van der Waals surface area contributed by atoms with Crippen LogP contribution in [0, 0.1) is 0 Å². The minimum absolute atomic E-state index is 0.0130. The molecular formula is C16H18N8O5S3. The fraction of sp³-hybridized carbons (Fsp3) is 0.438. The molecule has 16 heteroatoms. The first-order chi connectivity index (χ1) is 15.4. The molecular weight excluding hydrogens is 480 g/mol. The third kappa shape index (κ3) is 4.43. The highest BCUT2D eigenvalue weighted by Gasteiger charge is 2.54. The van der Waals surface area contributed by atoms with Gasteiger partial charge in [-0.2, -0.15) is 0 Å². The van der Waals surface area contributed by atoms with Gasteiger partial charge in [-0.05, 0) is 16.0 Å². The van der Waals surface area contributed by atoms with Crippen LogP contribution < -0.4 is 11.1 Å². The van der Waals surface area contributed by atoms with Gasteiger partial charge in [0.2, 0.25) is 11.1 Å². The van der Waals surface area contributed by atoms with Crippen molar-refractivity contribution in [2.75, 3.05) is 23.8 Å². The first-order valence-corrected chi connectivity index (χ1v) is 12.2. The number of carboxylic acid groups (broad SMARTS) is 1. The fourth-order valence-corrected chi connectivity index (χ4v) is 6.22. The summed E-state index contributed by atoms with van der Waals surface area (Å²) in [5.74, 6) is -1.43. The average Bonchev–Trinajstić information content (AvgIpc) is 3.38. The van der Waals surface area contributed by atoms with Crippen molar-refractivity contribution in [2.45, 2.75) is 29.5 Å². The molecule has 2 amide bonds. The minimum Gasteiger partial charge on any atom is -0.477 e. The van der Waals surface area contributed by atoms with E-state index in [-0.39, 0.29) is 36.9 Å². The number of nitrogens with one attached hydrogen (secondary N) is 1. The SMILES string of the molecule is Nc1nc(CC(=O)NC2C(=O)N3C(C(=O)O)=C(CSc4nnnn4CCO)CS[C@@H]23)cs1. The van der Waals surface area contributed by atoms with Crippen LogP contribution in [-0.4, -0.2) is 87.6 Å². The number of tetrazole rings is 1. The summed E-state index contributed by atoms with van der Waals surface area (Å²) >= 11 is 3.83. The minimum atomic E-state index is -1.21. The molecule has 2 aromatic heterocycles. The second-order valence-electron chi connectivity index (χ2n) is 6.76. The third-order valence-electron chi connectivity index (χ3n) is 4.66. The number of hydrogen-bond acceptors (Lipinski definition) is 12. The standard InChI is InChI=1S/C16H18N8O5S3/c17-15-18-8(6-31-15)3-9(26)19-10-12(27)24-11(14(28)29)7(4-30-13(10)24)5-32-16-20-21-22-23(16)1-2-25/h6,10,13,25H,1-5H2,(H2,17,18)(H,19,26)(H,28,29)/t10?,13-/m0/s1. The summed E-state index contributed by atoms with van der Waals surface area (Å²) in [4.78, 5) is 42.2. The Morgan fingerprint density at radius 1 is 1.41 bits per heavy atom. The molecule has 2 aromatic rings. The van der Waals surface area contributed by atoms with E-state index < -0.39 is 23.3 Å². The number of β-lactam (4-membered cyclic amide) rings is 1. The molecule has 32 heavy (non-hydrogen) atoms. The van der Waals surface area contributed by atoms with E-state index in [1.165, 1.54) is 44.4 Å². The van der Waals surface area contributed by atoms with E-state index in [2.05, 4.69) is 25.8 Å². The summed E-state index contributed by atoms with van der Waals surface area (Å²) in [6.45, 7) is 0.0843. The number of hydrogen-bond donors (Lipinski definition) is 4. The molecule has 5 N–H and O–H groups in total. The van der Waals surface area contributed by atoms with Gasteiger partial charge >= 0.3 is 5.97 Å². The molecule has 4 heterocycles. The Kier molecular flexibility index (Phi) is 6.63. The fourth-order valence-electron chi connectivity index (χ4n) is 3.27. The maximum absolute atomic E-state index is 12.7. The molecule has 0 spiro atoms. The van der Waals surface area contributed by atoms with Gasteiger partial charge in [0.1, 0.15) is 17.1 Å². The van der Waals surface area contributed by atoms with E-state index >= 15 is 0 Å². The van der Waals surface area contributed by atoms with Gasteiger partial charge in [-0.25, -0.2) is 14.5 Å². The van der Waals surface area contributed by atoms with Crippen LogP contribution in [0.15, 0.2) is 21.8 Å². The van der Waals surface area contributed by atoms with Crippen molar-refractivity contribution in [3.05, 3.63) is 22.3 Å². The Hall–Kier alpha value is -2.69. The Morgan fingerprint density at radius 3 is 2.91 bits per heavy atom. The number of nitrogens with two attached hydrogens (primary N) is 1. The quantitative estimate of drug-likeness (QED) is 0.238. The number of aliphatic hydroxyl groups is 1. The molecule has 2 atom stereocenters. The Labute approximate surface area is 193 Å². The third-order valence-corrected chi connectivity index (χ3v) is 7.77. The Balaban J connectivity index is 1.43. The number of carbonyl (C=O) groups excluding carboxylic acids is 2. The van der Waals surface area contributed by atoms with E-state index in [1.54, 1.807) is 5.38 Å². The van der Waals surface area contributed by atoms with Gasteiger partial charge in [0.05, 0.1) is 25.3 Å². The number of carboxylic acids is 1. The van der Waals surface area contributed by atoms with Crippen molar-refractivity contribution < 1.29 is 24.6 Å². The first-order valence-electron chi connectivity index (χ1n) is 9.28. The number of anilines is 1.